The van der Waals surface area contributed by atoms with Crippen LogP contribution in [0.2, 0.25) is 0 Å². The van der Waals surface area contributed by atoms with Crippen LogP contribution in [0.1, 0.15) is 18.1 Å². The molecule has 0 saturated carbocycles. The summed E-state index contributed by atoms with van der Waals surface area (Å²) in [6.45, 7) is 4.82. The van der Waals surface area contributed by atoms with E-state index >= 15 is 0 Å². The first-order chi connectivity index (χ1) is 17.1. The van der Waals surface area contributed by atoms with E-state index in [2.05, 4.69) is 80.5 Å². The largest absolute Gasteiger partial charge is 0.349 e. The van der Waals surface area contributed by atoms with Crippen LogP contribution in [-0.2, 0) is 13.5 Å². The zero-order valence-corrected chi connectivity index (χ0v) is 20.0. The molecule has 0 spiro atoms. The van der Waals surface area contributed by atoms with Crippen LogP contribution in [0.15, 0.2) is 79.5 Å². The fourth-order valence-corrected chi connectivity index (χ4v) is 4.77. The minimum Gasteiger partial charge on any atom is -0.349 e. The van der Waals surface area contributed by atoms with Gasteiger partial charge in [-0.3, -0.25) is 4.68 Å². The Morgan fingerprint density at radius 2 is 1.71 bits per heavy atom. The van der Waals surface area contributed by atoms with Gasteiger partial charge in [0, 0.05) is 81.1 Å². The summed E-state index contributed by atoms with van der Waals surface area (Å²) in [7, 11) is 1.93. The lowest BCUT2D eigenvalue weighted by Crippen LogP contribution is -2.52. The average molecular weight is 465 g/mol. The summed E-state index contributed by atoms with van der Waals surface area (Å²) in [5, 5.41) is 9.18. The molecule has 8 nitrogen and oxygen atoms in total. The lowest BCUT2D eigenvalue weighted by Gasteiger charge is -2.40. The Labute approximate surface area is 204 Å². The van der Waals surface area contributed by atoms with Gasteiger partial charge in [0.05, 0.1) is 11.7 Å². The molecule has 0 N–H and O–H groups in total. The summed E-state index contributed by atoms with van der Waals surface area (Å²) in [5.41, 5.74) is 5.67. The van der Waals surface area contributed by atoms with E-state index in [0.717, 1.165) is 60.0 Å². The Hall–Kier alpha value is -4.20. The third-order valence-electron chi connectivity index (χ3n) is 6.63. The lowest BCUT2D eigenvalue weighted by atomic mass is 10.1. The van der Waals surface area contributed by atoms with Crippen LogP contribution >= 0.6 is 0 Å². The molecule has 1 fully saturated rings. The van der Waals surface area contributed by atoms with E-state index in [1.807, 2.05) is 47.1 Å². The van der Waals surface area contributed by atoms with Crippen molar-refractivity contribution in [1.82, 2.24) is 29.4 Å². The Kier molecular flexibility index (Phi) is 5.41. The number of pyridine rings is 1. The van der Waals surface area contributed by atoms with Gasteiger partial charge in [-0.1, -0.05) is 36.4 Å². The lowest BCUT2D eigenvalue weighted by molar-refractivity contribution is 0.537. The topological polar surface area (TPSA) is 67.4 Å². The molecular formula is C27H28N8. The summed E-state index contributed by atoms with van der Waals surface area (Å²) >= 11 is 0. The Morgan fingerprint density at radius 1 is 0.886 bits per heavy atom. The molecule has 0 bridgehead atoms. The van der Waals surface area contributed by atoms with E-state index in [0.29, 0.717) is 6.04 Å². The fraction of sp³-hybridized carbons (Fsp3) is 0.259. The summed E-state index contributed by atoms with van der Waals surface area (Å²) in [5.74, 6) is 1.80. The molecule has 1 aliphatic rings. The number of anilines is 2. The molecule has 1 unspecified atom stereocenters. The molecule has 1 aliphatic heterocycles. The minimum atomic E-state index is 0.291. The van der Waals surface area contributed by atoms with Crippen LogP contribution in [-0.4, -0.2) is 55.0 Å². The number of fused-ring (bicyclic) bond motifs is 1. The second-order valence-corrected chi connectivity index (χ2v) is 9.23. The van der Waals surface area contributed by atoms with Gasteiger partial charge in [0.2, 0.25) is 5.95 Å². The Balaban J connectivity index is 1.14. The molecule has 176 valence electrons. The molecule has 0 radical (unpaired) electrons. The van der Waals surface area contributed by atoms with E-state index in [1.165, 1.54) is 5.56 Å². The third-order valence-corrected chi connectivity index (χ3v) is 6.63. The van der Waals surface area contributed by atoms with E-state index in [9.17, 15) is 0 Å². The van der Waals surface area contributed by atoms with Gasteiger partial charge < -0.3 is 9.80 Å². The predicted molar refractivity (Wildman–Crippen MR) is 138 cm³/mol. The highest BCUT2D eigenvalue weighted by Crippen LogP contribution is 2.25. The second-order valence-electron chi connectivity index (χ2n) is 9.23. The number of rotatable bonds is 5. The smallest absolute Gasteiger partial charge is 0.225 e. The number of nitrogens with zero attached hydrogens (tertiary/aromatic N) is 8. The molecular weight excluding hydrogens is 436 g/mol. The Bertz CT molecular complexity index is 1440. The number of benzene rings is 1. The summed E-state index contributed by atoms with van der Waals surface area (Å²) in [6.07, 6.45) is 10.7. The maximum atomic E-state index is 4.89. The van der Waals surface area contributed by atoms with Gasteiger partial charge in [-0.25, -0.2) is 14.5 Å². The number of hydrogen-bond donors (Lipinski definition) is 0. The maximum absolute atomic E-state index is 4.89. The first-order valence-electron chi connectivity index (χ1n) is 12.0. The van der Waals surface area contributed by atoms with Gasteiger partial charge in [-0.15, -0.1) is 0 Å². The molecule has 5 aromatic rings. The third kappa shape index (κ3) is 4.35. The highest BCUT2D eigenvalue weighted by molar-refractivity contribution is 5.66. The SMILES string of the molecule is CC1CN(c2ncc(Cc3ccccc3)cn2)CCN1c1cc2ccc(-c3cnn(C)c3)cn2n1. The van der Waals surface area contributed by atoms with E-state index in [4.69, 9.17) is 5.10 Å². The molecule has 4 aromatic heterocycles. The van der Waals surface area contributed by atoms with Gasteiger partial charge in [0.25, 0.3) is 0 Å². The van der Waals surface area contributed by atoms with Crippen molar-refractivity contribution >= 4 is 17.3 Å². The molecule has 0 aliphatic carbocycles. The summed E-state index contributed by atoms with van der Waals surface area (Å²) < 4.78 is 3.78. The van der Waals surface area contributed by atoms with Crippen LogP contribution in [0.4, 0.5) is 11.8 Å². The predicted octanol–water partition coefficient (Wildman–Crippen LogP) is 3.83. The molecule has 8 heteroatoms. The van der Waals surface area contributed by atoms with Crippen molar-refractivity contribution in [3.8, 4) is 11.1 Å². The van der Waals surface area contributed by atoms with Crippen LogP contribution in [0.5, 0.6) is 0 Å². The number of hydrogen-bond acceptors (Lipinski definition) is 6. The van der Waals surface area contributed by atoms with Crippen molar-refractivity contribution in [1.29, 1.82) is 0 Å². The molecule has 1 saturated heterocycles. The van der Waals surface area contributed by atoms with Gasteiger partial charge in [-0.2, -0.15) is 10.2 Å². The molecule has 6 rings (SSSR count). The van der Waals surface area contributed by atoms with Crippen molar-refractivity contribution in [3.05, 3.63) is 90.6 Å². The van der Waals surface area contributed by atoms with Crippen LogP contribution in [0.25, 0.3) is 16.6 Å². The van der Waals surface area contributed by atoms with E-state index < -0.39 is 0 Å². The van der Waals surface area contributed by atoms with Gasteiger partial charge in [-0.05, 0) is 24.1 Å². The van der Waals surface area contributed by atoms with Crippen molar-refractivity contribution in [2.24, 2.45) is 7.05 Å². The number of piperazine rings is 1. The maximum Gasteiger partial charge on any atom is 0.225 e. The van der Waals surface area contributed by atoms with Crippen molar-refractivity contribution in [2.75, 3.05) is 29.4 Å². The van der Waals surface area contributed by atoms with Crippen LogP contribution in [0, 0.1) is 0 Å². The number of aromatic nitrogens is 6. The first-order valence-corrected chi connectivity index (χ1v) is 12.0. The Morgan fingerprint density at radius 3 is 2.46 bits per heavy atom. The highest BCUT2D eigenvalue weighted by Gasteiger charge is 2.27. The molecule has 5 heterocycles. The van der Waals surface area contributed by atoms with Crippen molar-refractivity contribution < 1.29 is 0 Å². The van der Waals surface area contributed by atoms with Crippen molar-refractivity contribution in [3.63, 3.8) is 0 Å². The molecule has 1 atom stereocenters. The highest BCUT2D eigenvalue weighted by atomic mass is 15.4. The average Bonchev–Trinajstić information content (AvgIpc) is 3.50. The van der Waals surface area contributed by atoms with Gasteiger partial charge >= 0.3 is 0 Å². The zero-order valence-electron chi connectivity index (χ0n) is 20.0. The fourth-order valence-electron chi connectivity index (χ4n) is 4.77. The molecule has 1 aromatic carbocycles. The van der Waals surface area contributed by atoms with Crippen molar-refractivity contribution in [2.45, 2.75) is 19.4 Å². The number of aryl methyl sites for hydroxylation is 1. The normalized spacial score (nSPS) is 16.2. The summed E-state index contributed by atoms with van der Waals surface area (Å²) in [4.78, 5) is 14.0. The standard InChI is InChI=1S/C27H28N8/c1-20-17-33(27-28-14-22(15-29-27)12-21-6-4-3-5-7-21)10-11-34(20)26-13-25-9-8-23(19-35(25)31-26)24-16-30-32(2)18-24/h3-9,13-16,18-20H,10-12,17H2,1-2H3. The van der Waals surface area contributed by atoms with E-state index in [1.54, 1.807) is 0 Å². The summed E-state index contributed by atoms with van der Waals surface area (Å²) in [6, 6.07) is 17.1. The minimum absolute atomic E-state index is 0.291. The monoisotopic (exact) mass is 464 g/mol. The quantitative estimate of drug-likeness (QED) is 0.394. The van der Waals surface area contributed by atoms with Crippen LogP contribution in [0.3, 0.4) is 0 Å². The molecule has 0 amide bonds. The molecule has 35 heavy (non-hydrogen) atoms. The zero-order chi connectivity index (χ0) is 23.8. The van der Waals surface area contributed by atoms with Crippen LogP contribution < -0.4 is 9.80 Å². The second kappa shape index (κ2) is 8.87. The van der Waals surface area contributed by atoms with Gasteiger partial charge in [0.15, 0.2) is 5.82 Å². The first kappa shape index (κ1) is 21.3. The van der Waals surface area contributed by atoms with Gasteiger partial charge in [0.1, 0.15) is 0 Å². The van der Waals surface area contributed by atoms with E-state index in [-0.39, 0.29) is 0 Å².